The van der Waals surface area contributed by atoms with Gasteiger partial charge in [0.05, 0.1) is 24.1 Å². The molecule has 6 heteroatoms. The van der Waals surface area contributed by atoms with E-state index >= 15 is 0 Å². The van der Waals surface area contributed by atoms with Crippen molar-refractivity contribution >= 4 is 23.7 Å². The number of carbonyl (C=O) groups is 2. The maximum atomic E-state index is 13.9. The largest absolute Gasteiger partial charge is 0.493 e. The van der Waals surface area contributed by atoms with E-state index in [9.17, 15) is 14.0 Å². The summed E-state index contributed by atoms with van der Waals surface area (Å²) >= 11 is 6.05. The molecule has 3 aromatic rings. The van der Waals surface area contributed by atoms with Gasteiger partial charge in [-0.25, -0.2) is 4.39 Å². The van der Waals surface area contributed by atoms with Crippen LogP contribution in [0.3, 0.4) is 0 Å². The van der Waals surface area contributed by atoms with E-state index in [1.165, 1.54) is 31.4 Å². The summed E-state index contributed by atoms with van der Waals surface area (Å²) in [7, 11) is 1.30. The Morgan fingerprint density at radius 1 is 1.16 bits per heavy atom. The number of rotatable bonds is 5. The smallest absolute Gasteiger partial charge is 0.199 e. The van der Waals surface area contributed by atoms with Crippen molar-refractivity contribution in [1.29, 1.82) is 0 Å². The molecule has 2 aromatic carbocycles. The predicted molar refractivity (Wildman–Crippen MR) is 92.6 cm³/mol. The third-order valence-electron chi connectivity index (χ3n) is 3.78. The Hall–Kier alpha value is -2.92. The molecule has 0 amide bonds. The van der Waals surface area contributed by atoms with Crippen LogP contribution in [0.4, 0.5) is 4.39 Å². The summed E-state index contributed by atoms with van der Waals surface area (Å²) in [5.41, 5.74) is 1.15. The van der Waals surface area contributed by atoms with Gasteiger partial charge in [-0.3, -0.25) is 9.59 Å². The normalized spacial score (nSPS) is 10.5. The highest BCUT2D eigenvalue weighted by molar-refractivity contribution is 6.31. The van der Waals surface area contributed by atoms with Crippen molar-refractivity contribution in [3.63, 3.8) is 0 Å². The Morgan fingerprint density at radius 3 is 2.68 bits per heavy atom. The molecule has 0 saturated heterocycles. The first-order valence-electron chi connectivity index (χ1n) is 7.36. The minimum atomic E-state index is -0.633. The summed E-state index contributed by atoms with van der Waals surface area (Å²) < 4.78 is 20.5. The SMILES string of the molecule is COc1c(F)cccc1C(=O)c1cc(Cl)ccc1-n1cccc1C=O. The monoisotopic (exact) mass is 357 g/mol. The predicted octanol–water partition coefficient (Wildman–Crippen LogP) is 4.32. The average Bonchev–Trinajstić information content (AvgIpc) is 3.09. The molecule has 0 unspecified atom stereocenters. The van der Waals surface area contributed by atoms with E-state index in [0.717, 1.165) is 0 Å². The van der Waals surface area contributed by atoms with E-state index in [2.05, 4.69) is 0 Å². The van der Waals surface area contributed by atoms with Gasteiger partial charge < -0.3 is 9.30 Å². The summed E-state index contributed by atoms with van der Waals surface area (Å²) in [5, 5.41) is 0.349. The van der Waals surface area contributed by atoms with Crippen LogP contribution < -0.4 is 4.74 Å². The van der Waals surface area contributed by atoms with Gasteiger partial charge in [0.2, 0.25) is 0 Å². The Bertz CT molecular complexity index is 965. The first-order valence-corrected chi connectivity index (χ1v) is 7.74. The van der Waals surface area contributed by atoms with Gasteiger partial charge in [-0.15, -0.1) is 0 Å². The molecule has 0 aliphatic carbocycles. The van der Waals surface area contributed by atoms with E-state index in [1.807, 2.05) is 0 Å². The second kappa shape index (κ2) is 6.91. The lowest BCUT2D eigenvalue weighted by atomic mass is 10.00. The van der Waals surface area contributed by atoms with Crippen molar-refractivity contribution in [3.8, 4) is 11.4 Å². The van der Waals surface area contributed by atoms with Crippen LogP contribution in [0.2, 0.25) is 5.02 Å². The highest BCUT2D eigenvalue weighted by atomic mass is 35.5. The fourth-order valence-electron chi connectivity index (χ4n) is 2.65. The van der Waals surface area contributed by atoms with Crippen molar-refractivity contribution in [2.45, 2.75) is 0 Å². The van der Waals surface area contributed by atoms with Crippen molar-refractivity contribution in [3.05, 3.63) is 82.4 Å². The lowest BCUT2D eigenvalue weighted by molar-refractivity contribution is 0.103. The van der Waals surface area contributed by atoms with E-state index in [0.29, 0.717) is 22.7 Å². The fourth-order valence-corrected chi connectivity index (χ4v) is 2.82. The molecule has 0 N–H and O–H groups in total. The van der Waals surface area contributed by atoms with Crippen molar-refractivity contribution < 1.29 is 18.7 Å². The number of hydrogen-bond donors (Lipinski definition) is 0. The maximum Gasteiger partial charge on any atom is 0.199 e. The number of nitrogens with zero attached hydrogens (tertiary/aromatic N) is 1. The number of benzene rings is 2. The van der Waals surface area contributed by atoms with Gasteiger partial charge in [0.1, 0.15) is 0 Å². The van der Waals surface area contributed by atoms with Crippen LogP contribution >= 0.6 is 11.6 Å². The molecule has 1 aromatic heterocycles. The average molecular weight is 358 g/mol. The van der Waals surface area contributed by atoms with Crippen LogP contribution in [0, 0.1) is 5.82 Å². The summed E-state index contributed by atoms with van der Waals surface area (Å²) in [6.07, 6.45) is 2.35. The second-order valence-electron chi connectivity index (χ2n) is 5.23. The van der Waals surface area contributed by atoms with Gasteiger partial charge in [-0.1, -0.05) is 17.7 Å². The summed E-state index contributed by atoms with van der Waals surface area (Å²) in [6, 6.07) is 12.2. The first kappa shape index (κ1) is 16.9. The number of methoxy groups -OCH3 is 1. The summed E-state index contributed by atoms with van der Waals surface area (Å²) in [4.78, 5) is 24.3. The molecule has 0 fully saturated rings. The first-order chi connectivity index (χ1) is 12.1. The van der Waals surface area contributed by atoms with E-state index in [4.69, 9.17) is 16.3 Å². The number of hydrogen-bond acceptors (Lipinski definition) is 3. The number of ether oxygens (including phenoxy) is 1. The highest BCUT2D eigenvalue weighted by Crippen LogP contribution is 2.29. The van der Waals surface area contributed by atoms with Crippen molar-refractivity contribution in [2.24, 2.45) is 0 Å². The number of aromatic nitrogens is 1. The number of ketones is 1. The molecule has 25 heavy (non-hydrogen) atoms. The Kier molecular flexibility index (Phi) is 4.67. The topological polar surface area (TPSA) is 48.3 Å². The molecular formula is C19H13ClFNO3. The standard InChI is InChI=1S/C19H13ClFNO3/c1-25-19-14(5-2-6-16(19)21)18(24)15-10-12(20)7-8-17(15)22-9-3-4-13(22)11-23/h2-11H,1H3. The molecule has 4 nitrogen and oxygen atoms in total. The minimum absolute atomic E-state index is 0.0748. The van der Waals surface area contributed by atoms with Gasteiger partial charge in [0.25, 0.3) is 0 Å². The lowest BCUT2D eigenvalue weighted by Gasteiger charge is -2.14. The van der Waals surface area contributed by atoms with Gasteiger partial charge in [-0.2, -0.15) is 0 Å². The Morgan fingerprint density at radius 2 is 1.96 bits per heavy atom. The number of para-hydroxylation sites is 1. The molecule has 0 aliphatic heterocycles. The maximum absolute atomic E-state index is 13.9. The van der Waals surface area contributed by atoms with E-state index < -0.39 is 11.6 Å². The fraction of sp³-hybridized carbons (Fsp3) is 0.0526. The molecule has 3 rings (SSSR count). The third kappa shape index (κ3) is 3.06. The van der Waals surface area contributed by atoms with Crippen molar-refractivity contribution in [1.82, 2.24) is 4.57 Å². The Labute approximate surface area is 148 Å². The summed E-state index contributed by atoms with van der Waals surface area (Å²) in [5.74, 6) is -1.23. The zero-order valence-corrected chi connectivity index (χ0v) is 14.0. The quantitative estimate of drug-likeness (QED) is 0.504. The van der Waals surface area contributed by atoms with E-state index in [1.54, 1.807) is 35.0 Å². The molecule has 0 aliphatic rings. The van der Waals surface area contributed by atoms with Crippen LogP contribution in [-0.4, -0.2) is 23.7 Å². The molecule has 0 radical (unpaired) electrons. The van der Waals surface area contributed by atoms with Crippen LogP contribution in [0.25, 0.3) is 5.69 Å². The molecule has 126 valence electrons. The molecule has 0 atom stereocenters. The third-order valence-corrected chi connectivity index (χ3v) is 4.01. The van der Waals surface area contributed by atoms with Crippen LogP contribution in [-0.2, 0) is 0 Å². The highest BCUT2D eigenvalue weighted by Gasteiger charge is 2.21. The van der Waals surface area contributed by atoms with Crippen LogP contribution in [0.5, 0.6) is 5.75 Å². The second-order valence-corrected chi connectivity index (χ2v) is 5.67. The minimum Gasteiger partial charge on any atom is -0.493 e. The zero-order chi connectivity index (χ0) is 18.0. The van der Waals surface area contributed by atoms with Crippen molar-refractivity contribution in [2.75, 3.05) is 7.11 Å². The summed E-state index contributed by atoms with van der Waals surface area (Å²) in [6.45, 7) is 0. The molecular weight excluding hydrogens is 345 g/mol. The van der Waals surface area contributed by atoms with Gasteiger partial charge >= 0.3 is 0 Å². The molecule has 0 spiro atoms. The zero-order valence-electron chi connectivity index (χ0n) is 13.2. The van der Waals surface area contributed by atoms with Crippen LogP contribution in [0.15, 0.2) is 54.7 Å². The molecule has 0 bridgehead atoms. The van der Waals surface area contributed by atoms with Gasteiger partial charge in [-0.05, 0) is 42.5 Å². The molecule has 0 saturated carbocycles. The Balaban J connectivity index is 2.21. The van der Waals surface area contributed by atoms with Gasteiger partial charge in [0, 0.05) is 16.8 Å². The molecule has 1 heterocycles. The van der Waals surface area contributed by atoms with Crippen LogP contribution in [0.1, 0.15) is 26.4 Å². The lowest BCUT2D eigenvalue weighted by Crippen LogP contribution is -2.10. The van der Waals surface area contributed by atoms with E-state index in [-0.39, 0.29) is 16.9 Å². The number of aldehydes is 1. The number of halogens is 2. The van der Waals surface area contributed by atoms with Gasteiger partial charge in [0.15, 0.2) is 23.6 Å². The number of carbonyl (C=O) groups excluding carboxylic acids is 2.